The number of nitrogens with zero attached hydrogens (tertiary/aromatic N) is 2. The summed E-state index contributed by atoms with van der Waals surface area (Å²) in [4.78, 5) is 2.43. The summed E-state index contributed by atoms with van der Waals surface area (Å²) < 4.78 is 0. The molecule has 2 rings (SSSR count). The molecule has 0 N–H and O–H groups in total. The van der Waals surface area contributed by atoms with Crippen LogP contribution in [0.2, 0.25) is 0 Å². The summed E-state index contributed by atoms with van der Waals surface area (Å²) in [6.07, 6.45) is 2.57. The fourth-order valence-corrected chi connectivity index (χ4v) is 2.37. The molecule has 0 bridgehead atoms. The van der Waals surface area contributed by atoms with E-state index in [0.717, 1.165) is 23.6 Å². The van der Waals surface area contributed by atoms with E-state index in [1.807, 2.05) is 13.0 Å². The summed E-state index contributed by atoms with van der Waals surface area (Å²) in [6.45, 7) is 6.60. The van der Waals surface area contributed by atoms with Crippen LogP contribution in [0.15, 0.2) is 18.2 Å². The van der Waals surface area contributed by atoms with Gasteiger partial charge in [-0.15, -0.1) is 0 Å². The van der Waals surface area contributed by atoms with E-state index in [0.29, 0.717) is 0 Å². The van der Waals surface area contributed by atoms with E-state index < -0.39 is 0 Å². The molecule has 1 saturated heterocycles. The summed E-state index contributed by atoms with van der Waals surface area (Å²) in [7, 11) is 0. The van der Waals surface area contributed by atoms with Crippen LogP contribution in [0, 0.1) is 24.2 Å². The molecule has 0 aliphatic carbocycles. The Kier molecular flexibility index (Phi) is 3.14. The Bertz CT molecular complexity index is 417. The van der Waals surface area contributed by atoms with Gasteiger partial charge in [0.2, 0.25) is 0 Å². The normalized spacial score (nSPS) is 19.8. The van der Waals surface area contributed by atoms with Crippen molar-refractivity contribution in [2.75, 3.05) is 18.0 Å². The van der Waals surface area contributed by atoms with Crippen molar-refractivity contribution in [3.63, 3.8) is 0 Å². The smallest absolute Gasteiger partial charge is 0.0994 e. The summed E-state index contributed by atoms with van der Waals surface area (Å²) in [5.41, 5.74) is 3.14. The van der Waals surface area contributed by atoms with Crippen LogP contribution in [0.25, 0.3) is 0 Å². The molecule has 1 atom stereocenters. The molecule has 84 valence electrons. The Morgan fingerprint density at radius 2 is 2.31 bits per heavy atom. The molecule has 0 spiro atoms. The van der Waals surface area contributed by atoms with Crippen molar-refractivity contribution < 1.29 is 0 Å². The van der Waals surface area contributed by atoms with Gasteiger partial charge >= 0.3 is 0 Å². The van der Waals surface area contributed by atoms with E-state index >= 15 is 0 Å². The molecule has 0 aromatic heterocycles. The highest BCUT2D eigenvalue weighted by molar-refractivity contribution is 5.54. The van der Waals surface area contributed by atoms with Crippen molar-refractivity contribution in [3.05, 3.63) is 29.3 Å². The lowest BCUT2D eigenvalue weighted by atomic mass is 10.1. The number of anilines is 1. The van der Waals surface area contributed by atoms with Crippen molar-refractivity contribution >= 4 is 5.69 Å². The Balaban J connectivity index is 2.17. The van der Waals surface area contributed by atoms with Gasteiger partial charge in [0.05, 0.1) is 11.6 Å². The minimum Gasteiger partial charge on any atom is -0.371 e. The topological polar surface area (TPSA) is 27.0 Å². The Morgan fingerprint density at radius 1 is 1.50 bits per heavy atom. The third-order valence-electron chi connectivity index (χ3n) is 3.56. The largest absolute Gasteiger partial charge is 0.371 e. The number of aryl methyl sites for hydroxylation is 1. The first-order valence-electron chi connectivity index (χ1n) is 6.00. The van der Waals surface area contributed by atoms with Gasteiger partial charge in [0.25, 0.3) is 0 Å². The van der Waals surface area contributed by atoms with E-state index in [4.69, 9.17) is 5.26 Å². The van der Waals surface area contributed by atoms with Gasteiger partial charge in [-0.05, 0) is 43.0 Å². The van der Waals surface area contributed by atoms with Crippen LogP contribution >= 0.6 is 0 Å². The average Bonchev–Trinajstić information content (AvgIpc) is 2.77. The third-order valence-corrected chi connectivity index (χ3v) is 3.56. The van der Waals surface area contributed by atoms with Crippen LogP contribution in [-0.4, -0.2) is 13.1 Å². The van der Waals surface area contributed by atoms with Crippen LogP contribution in [0.4, 0.5) is 5.69 Å². The Hall–Kier alpha value is -1.49. The molecule has 1 aromatic rings. The SMILES string of the molecule is CCC1CCN(c2ccc(C#N)c(C)c2)C1. The van der Waals surface area contributed by atoms with Crippen LogP contribution in [0.3, 0.4) is 0 Å². The van der Waals surface area contributed by atoms with Gasteiger partial charge in [-0.25, -0.2) is 0 Å². The van der Waals surface area contributed by atoms with E-state index in [2.05, 4.69) is 30.0 Å². The van der Waals surface area contributed by atoms with Crippen molar-refractivity contribution in [1.82, 2.24) is 0 Å². The van der Waals surface area contributed by atoms with Crippen LogP contribution < -0.4 is 4.90 Å². The predicted octanol–water partition coefficient (Wildman–Crippen LogP) is 3.10. The number of benzene rings is 1. The van der Waals surface area contributed by atoms with Gasteiger partial charge in [-0.1, -0.05) is 13.3 Å². The first kappa shape index (κ1) is 11.0. The zero-order chi connectivity index (χ0) is 11.5. The zero-order valence-electron chi connectivity index (χ0n) is 10.0. The maximum atomic E-state index is 8.89. The second kappa shape index (κ2) is 4.57. The molecule has 16 heavy (non-hydrogen) atoms. The van der Waals surface area contributed by atoms with E-state index in [9.17, 15) is 0 Å². The van der Waals surface area contributed by atoms with E-state index in [-0.39, 0.29) is 0 Å². The number of hydrogen-bond donors (Lipinski definition) is 0. The van der Waals surface area contributed by atoms with Crippen molar-refractivity contribution in [2.24, 2.45) is 5.92 Å². The Labute approximate surface area is 97.5 Å². The molecule has 1 aromatic carbocycles. The second-order valence-corrected chi connectivity index (χ2v) is 4.62. The van der Waals surface area contributed by atoms with Gasteiger partial charge in [0.1, 0.15) is 0 Å². The lowest BCUT2D eigenvalue weighted by molar-refractivity contribution is 0.569. The van der Waals surface area contributed by atoms with Gasteiger partial charge in [-0.3, -0.25) is 0 Å². The molecule has 2 nitrogen and oxygen atoms in total. The highest BCUT2D eigenvalue weighted by Crippen LogP contribution is 2.26. The molecule has 1 aliphatic rings. The maximum absolute atomic E-state index is 8.89. The van der Waals surface area contributed by atoms with Crippen molar-refractivity contribution in [2.45, 2.75) is 26.7 Å². The Morgan fingerprint density at radius 3 is 2.88 bits per heavy atom. The fraction of sp³-hybridized carbons (Fsp3) is 0.500. The molecular formula is C14H18N2. The first-order chi connectivity index (χ1) is 7.74. The number of nitriles is 1. The minimum atomic E-state index is 0.787. The van der Waals surface area contributed by atoms with Gasteiger partial charge < -0.3 is 4.90 Å². The van der Waals surface area contributed by atoms with Gasteiger partial charge in [0, 0.05) is 18.8 Å². The molecule has 0 amide bonds. The predicted molar refractivity (Wildman–Crippen MR) is 66.5 cm³/mol. The van der Waals surface area contributed by atoms with E-state index in [1.165, 1.54) is 25.1 Å². The summed E-state index contributed by atoms with van der Waals surface area (Å²) in [6, 6.07) is 8.36. The molecule has 1 unspecified atom stereocenters. The quantitative estimate of drug-likeness (QED) is 0.756. The maximum Gasteiger partial charge on any atom is 0.0994 e. The van der Waals surface area contributed by atoms with Gasteiger partial charge in [-0.2, -0.15) is 5.26 Å². The molecule has 1 fully saturated rings. The van der Waals surface area contributed by atoms with Crippen molar-refractivity contribution in [3.8, 4) is 6.07 Å². The molecular weight excluding hydrogens is 196 g/mol. The summed E-state index contributed by atoms with van der Waals surface area (Å²) in [5, 5.41) is 8.89. The fourth-order valence-electron chi connectivity index (χ4n) is 2.37. The van der Waals surface area contributed by atoms with E-state index in [1.54, 1.807) is 0 Å². The number of rotatable bonds is 2. The standard InChI is InChI=1S/C14H18N2/c1-3-12-6-7-16(10-12)14-5-4-13(9-15)11(2)8-14/h4-5,8,12H,3,6-7,10H2,1-2H3. The lowest BCUT2D eigenvalue weighted by Crippen LogP contribution is -2.19. The first-order valence-corrected chi connectivity index (χ1v) is 6.00. The highest BCUT2D eigenvalue weighted by Gasteiger charge is 2.21. The van der Waals surface area contributed by atoms with Crippen LogP contribution in [0.1, 0.15) is 30.9 Å². The van der Waals surface area contributed by atoms with Crippen LogP contribution in [0.5, 0.6) is 0 Å². The monoisotopic (exact) mass is 214 g/mol. The summed E-state index contributed by atoms with van der Waals surface area (Å²) in [5.74, 6) is 0.843. The molecule has 2 heteroatoms. The van der Waals surface area contributed by atoms with Crippen molar-refractivity contribution in [1.29, 1.82) is 5.26 Å². The average molecular weight is 214 g/mol. The van der Waals surface area contributed by atoms with Gasteiger partial charge in [0.15, 0.2) is 0 Å². The minimum absolute atomic E-state index is 0.787. The lowest BCUT2D eigenvalue weighted by Gasteiger charge is -2.19. The van der Waals surface area contributed by atoms with Crippen LogP contribution in [-0.2, 0) is 0 Å². The second-order valence-electron chi connectivity index (χ2n) is 4.62. The molecule has 1 aliphatic heterocycles. The zero-order valence-corrected chi connectivity index (χ0v) is 10.0. The molecule has 0 saturated carbocycles. The molecule has 1 heterocycles. The highest BCUT2D eigenvalue weighted by atomic mass is 15.1. The number of hydrogen-bond acceptors (Lipinski definition) is 2. The third kappa shape index (κ3) is 2.04. The molecule has 0 radical (unpaired) electrons. The summed E-state index contributed by atoms with van der Waals surface area (Å²) >= 11 is 0.